The summed E-state index contributed by atoms with van der Waals surface area (Å²) in [4.78, 5) is 26.1. The Morgan fingerprint density at radius 3 is 2.44 bits per heavy atom. The highest BCUT2D eigenvalue weighted by Crippen LogP contribution is 2.34. The number of halogens is 4. The van der Waals surface area contributed by atoms with E-state index in [0.29, 0.717) is 0 Å². The first-order chi connectivity index (χ1) is 15.0. The number of anilines is 1. The van der Waals surface area contributed by atoms with Crippen LogP contribution >= 0.6 is 0 Å². The van der Waals surface area contributed by atoms with Gasteiger partial charge in [0.05, 0.1) is 13.2 Å². The van der Waals surface area contributed by atoms with E-state index >= 15 is 8.78 Å². The normalized spacial score (nSPS) is 14.9. The first kappa shape index (κ1) is 23.5. The maximum Gasteiger partial charge on any atom is 0.350 e. The van der Waals surface area contributed by atoms with E-state index in [1.54, 1.807) is 0 Å². The number of hydrogen-bond donors (Lipinski definition) is 2. The lowest BCUT2D eigenvalue weighted by atomic mass is 9.97. The number of rotatable bonds is 5. The van der Waals surface area contributed by atoms with Crippen LogP contribution in [0.1, 0.15) is 34.3 Å². The number of hydrogen-bond acceptors (Lipinski definition) is 4. The van der Waals surface area contributed by atoms with Crippen LogP contribution in [-0.2, 0) is 10.7 Å². The first-order valence-corrected chi connectivity index (χ1v) is 9.85. The Bertz CT molecular complexity index is 1040. The Morgan fingerprint density at radius 2 is 1.81 bits per heavy atom. The van der Waals surface area contributed by atoms with E-state index in [9.17, 15) is 23.5 Å². The van der Waals surface area contributed by atoms with Crippen molar-refractivity contribution in [2.24, 2.45) is 0 Å². The van der Waals surface area contributed by atoms with Gasteiger partial charge in [-0.1, -0.05) is 6.07 Å². The molecule has 172 valence electrons. The number of aliphatic hydroxyl groups is 1. The van der Waals surface area contributed by atoms with Gasteiger partial charge in [-0.25, -0.2) is 4.39 Å². The zero-order valence-corrected chi connectivity index (χ0v) is 17.4. The van der Waals surface area contributed by atoms with Crippen molar-refractivity contribution in [3.05, 3.63) is 58.7 Å². The van der Waals surface area contributed by atoms with Crippen LogP contribution in [-0.4, -0.2) is 48.1 Å². The molecule has 1 heterocycles. The molecular weight excluding hydrogens is 432 g/mol. The molecule has 1 fully saturated rings. The summed E-state index contributed by atoms with van der Waals surface area (Å²) in [6.07, 6.45) is -0.210. The Labute approximate surface area is 181 Å². The summed E-state index contributed by atoms with van der Waals surface area (Å²) in [5.74, 6) is -9.08. The molecule has 32 heavy (non-hydrogen) atoms. The van der Waals surface area contributed by atoms with E-state index in [1.165, 1.54) is 19.1 Å². The number of aliphatic hydroxyl groups excluding tert-OH is 1. The second kappa shape index (κ2) is 9.15. The summed E-state index contributed by atoms with van der Waals surface area (Å²) in [6, 6.07) is 5.24. The highest BCUT2D eigenvalue weighted by molar-refractivity contribution is 6.04. The van der Waals surface area contributed by atoms with Crippen molar-refractivity contribution in [2.75, 3.05) is 25.5 Å². The third kappa shape index (κ3) is 4.69. The molecule has 0 unspecified atom stereocenters. The van der Waals surface area contributed by atoms with Crippen molar-refractivity contribution in [3.8, 4) is 5.75 Å². The van der Waals surface area contributed by atoms with Crippen LogP contribution in [0.3, 0.4) is 0 Å². The maximum absolute atomic E-state index is 15.1. The molecular formula is C22H22F4N2O4. The fourth-order valence-electron chi connectivity index (χ4n) is 3.47. The van der Waals surface area contributed by atoms with Gasteiger partial charge in [0.25, 0.3) is 11.8 Å². The Morgan fingerprint density at radius 1 is 1.16 bits per heavy atom. The summed E-state index contributed by atoms with van der Waals surface area (Å²) < 4.78 is 62.1. The standard InChI is InChI=1S/C22H22F4N2O4/c1-12-3-4-13(20(30)27-14-10-17(23)19(24)18(11-14)32-2)9-16(12)22(25,26)21(31)28-7-5-15(29)6-8-28/h3-4,9-11,15,29H,5-8H2,1-2H3,(H,27,30). The molecule has 10 heteroatoms. The topological polar surface area (TPSA) is 78.9 Å². The summed E-state index contributed by atoms with van der Waals surface area (Å²) in [7, 11) is 1.12. The van der Waals surface area contributed by atoms with Crippen molar-refractivity contribution >= 4 is 17.5 Å². The molecule has 1 aliphatic rings. The predicted molar refractivity (Wildman–Crippen MR) is 108 cm³/mol. The van der Waals surface area contributed by atoms with Crippen LogP contribution < -0.4 is 10.1 Å². The number of likely N-dealkylation sites (tertiary alicyclic amines) is 1. The van der Waals surface area contributed by atoms with Gasteiger partial charge >= 0.3 is 5.92 Å². The second-order valence-corrected chi connectivity index (χ2v) is 7.56. The number of piperidine rings is 1. The smallest absolute Gasteiger partial charge is 0.350 e. The number of amides is 2. The summed E-state index contributed by atoms with van der Waals surface area (Å²) in [5.41, 5.74) is -0.867. The van der Waals surface area contributed by atoms with Crippen LogP contribution in [0.25, 0.3) is 0 Å². The van der Waals surface area contributed by atoms with E-state index in [4.69, 9.17) is 4.74 Å². The SMILES string of the molecule is COc1cc(NC(=O)c2ccc(C)c(C(F)(F)C(=O)N3CCC(O)CC3)c2)cc(F)c1F. The van der Waals surface area contributed by atoms with Gasteiger partial charge in [-0.3, -0.25) is 9.59 Å². The number of methoxy groups -OCH3 is 1. The second-order valence-electron chi connectivity index (χ2n) is 7.56. The monoisotopic (exact) mass is 454 g/mol. The summed E-state index contributed by atoms with van der Waals surface area (Å²) in [6.45, 7) is 1.40. The molecule has 3 rings (SSSR count). The summed E-state index contributed by atoms with van der Waals surface area (Å²) in [5, 5.41) is 11.8. The summed E-state index contributed by atoms with van der Waals surface area (Å²) >= 11 is 0. The van der Waals surface area contributed by atoms with Gasteiger partial charge in [0.15, 0.2) is 11.6 Å². The zero-order chi connectivity index (χ0) is 23.6. The highest BCUT2D eigenvalue weighted by Gasteiger charge is 2.45. The average Bonchev–Trinajstić information content (AvgIpc) is 2.76. The van der Waals surface area contributed by atoms with Gasteiger partial charge in [-0.05, 0) is 37.5 Å². The predicted octanol–water partition coefficient (Wildman–Crippen LogP) is 3.61. The van der Waals surface area contributed by atoms with Gasteiger partial charge in [0.1, 0.15) is 0 Å². The lowest BCUT2D eigenvalue weighted by Gasteiger charge is -2.32. The Balaban J connectivity index is 1.85. The number of alkyl halides is 2. The average molecular weight is 454 g/mol. The van der Waals surface area contributed by atoms with Crippen molar-refractivity contribution in [1.82, 2.24) is 4.90 Å². The Kier molecular flexibility index (Phi) is 6.73. The fraction of sp³-hybridized carbons (Fsp3) is 0.364. The van der Waals surface area contributed by atoms with Crippen LogP contribution in [0.5, 0.6) is 5.75 Å². The molecule has 1 saturated heterocycles. The minimum atomic E-state index is -3.89. The number of nitrogens with zero attached hydrogens (tertiary/aromatic N) is 1. The molecule has 2 aromatic rings. The molecule has 0 spiro atoms. The number of carbonyl (C=O) groups is 2. The molecule has 1 aliphatic heterocycles. The molecule has 0 atom stereocenters. The van der Waals surface area contributed by atoms with Crippen molar-refractivity contribution in [1.29, 1.82) is 0 Å². The molecule has 2 amide bonds. The number of nitrogens with one attached hydrogen (secondary N) is 1. The van der Waals surface area contributed by atoms with E-state index < -0.39 is 46.8 Å². The molecule has 0 bridgehead atoms. The largest absolute Gasteiger partial charge is 0.493 e. The first-order valence-electron chi connectivity index (χ1n) is 9.85. The van der Waals surface area contributed by atoms with Crippen molar-refractivity contribution in [3.63, 3.8) is 0 Å². The third-order valence-electron chi connectivity index (χ3n) is 5.33. The quantitative estimate of drug-likeness (QED) is 0.677. The lowest BCUT2D eigenvalue weighted by molar-refractivity contribution is -0.161. The van der Waals surface area contributed by atoms with Gasteiger partial charge in [0.2, 0.25) is 5.82 Å². The molecule has 2 N–H and O–H groups in total. The van der Waals surface area contributed by atoms with Gasteiger partial charge in [-0.2, -0.15) is 13.2 Å². The number of benzene rings is 2. The molecule has 0 aromatic heterocycles. The van der Waals surface area contributed by atoms with E-state index in [0.717, 1.165) is 30.2 Å². The van der Waals surface area contributed by atoms with Crippen molar-refractivity contribution < 1.29 is 37.0 Å². The van der Waals surface area contributed by atoms with Crippen LogP contribution in [0.15, 0.2) is 30.3 Å². The third-order valence-corrected chi connectivity index (χ3v) is 5.33. The van der Waals surface area contributed by atoms with E-state index in [-0.39, 0.29) is 42.7 Å². The molecule has 0 saturated carbocycles. The van der Waals surface area contributed by atoms with Gasteiger partial charge < -0.3 is 20.1 Å². The molecule has 0 aliphatic carbocycles. The van der Waals surface area contributed by atoms with Gasteiger partial charge in [0, 0.05) is 42.0 Å². The van der Waals surface area contributed by atoms with E-state index in [1.807, 2.05) is 0 Å². The highest BCUT2D eigenvalue weighted by atomic mass is 19.3. The number of aryl methyl sites for hydroxylation is 1. The van der Waals surface area contributed by atoms with Gasteiger partial charge in [-0.15, -0.1) is 0 Å². The van der Waals surface area contributed by atoms with Crippen LogP contribution in [0.4, 0.5) is 23.2 Å². The van der Waals surface area contributed by atoms with Crippen LogP contribution in [0, 0.1) is 18.6 Å². The maximum atomic E-state index is 15.1. The fourth-order valence-corrected chi connectivity index (χ4v) is 3.47. The Hall–Kier alpha value is -3.14. The lowest BCUT2D eigenvalue weighted by Crippen LogP contribution is -2.47. The van der Waals surface area contributed by atoms with Crippen LogP contribution in [0.2, 0.25) is 0 Å². The minimum absolute atomic E-state index is 0.00672. The van der Waals surface area contributed by atoms with E-state index in [2.05, 4.69) is 5.32 Å². The molecule has 6 nitrogen and oxygen atoms in total. The number of ether oxygens (including phenoxy) is 1. The molecule has 0 radical (unpaired) electrons. The minimum Gasteiger partial charge on any atom is -0.493 e. The zero-order valence-electron chi connectivity index (χ0n) is 17.4. The number of carbonyl (C=O) groups excluding carboxylic acids is 2. The molecule has 2 aromatic carbocycles. The van der Waals surface area contributed by atoms with Crippen molar-refractivity contribution in [2.45, 2.75) is 31.8 Å².